The van der Waals surface area contributed by atoms with Crippen LogP contribution in [0.2, 0.25) is 5.02 Å². The topological polar surface area (TPSA) is 66.8 Å². The first-order chi connectivity index (χ1) is 17.2. The highest BCUT2D eigenvalue weighted by atomic mass is 35.5. The minimum atomic E-state index is -0.165. The average molecular weight is 505 g/mol. The molecule has 1 aliphatic heterocycles. The lowest BCUT2D eigenvalue weighted by molar-refractivity contribution is 0.151. The van der Waals surface area contributed by atoms with E-state index in [1.807, 2.05) is 30.3 Å². The zero-order valence-corrected chi connectivity index (χ0v) is 20.6. The fourth-order valence-electron chi connectivity index (χ4n) is 5.00. The molecule has 0 saturated carbocycles. The zero-order valence-electron chi connectivity index (χ0n) is 19.0. The van der Waals surface area contributed by atoms with Crippen LogP contribution in [0.1, 0.15) is 34.9 Å². The van der Waals surface area contributed by atoms with Crippen molar-refractivity contribution in [2.75, 3.05) is 13.1 Å². The second-order valence-electron chi connectivity index (χ2n) is 8.99. The van der Waals surface area contributed by atoms with Gasteiger partial charge in [-0.2, -0.15) is 9.50 Å². The Labute approximate surface area is 212 Å². The first-order valence-electron chi connectivity index (χ1n) is 11.8. The van der Waals surface area contributed by atoms with Crippen molar-refractivity contribution in [2.45, 2.75) is 25.3 Å². The van der Waals surface area contributed by atoms with E-state index in [4.69, 9.17) is 16.0 Å². The number of furan rings is 1. The third-order valence-electron chi connectivity index (χ3n) is 6.77. The van der Waals surface area contributed by atoms with Gasteiger partial charge in [0.1, 0.15) is 0 Å². The Balaban J connectivity index is 1.31. The van der Waals surface area contributed by atoms with Crippen molar-refractivity contribution in [3.05, 3.63) is 94.0 Å². The molecule has 3 aromatic heterocycles. The Morgan fingerprint density at radius 2 is 1.80 bits per heavy atom. The number of nitrogens with zero attached hydrogens (tertiary/aromatic N) is 4. The number of hydrogen-bond donors (Lipinski definition) is 1. The maximum atomic E-state index is 11.3. The summed E-state index contributed by atoms with van der Waals surface area (Å²) in [6.07, 6.45) is 4.88. The summed E-state index contributed by atoms with van der Waals surface area (Å²) in [6, 6.07) is 22.0. The van der Waals surface area contributed by atoms with Gasteiger partial charge in [-0.3, -0.25) is 4.90 Å². The molecule has 1 atom stereocenters. The first-order valence-corrected chi connectivity index (χ1v) is 13.0. The number of aromatic nitrogens is 3. The van der Waals surface area contributed by atoms with Gasteiger partial charge in [-0.1, -0.05) is 71.5 Å². The van der Waals surface area contributed by atoms with E-state index in [1.54, 1.807) is 12.3 Å². The van der Waals surface area contributed by atoms with Gasteiger partial charge in [0, 0.05) is 5.02 Å². The highest BCUT2D eigenvalue weighted by Crippen LogP contribution is 2.43. The van der Waals surface area contributed by atoms with Crippen molar-refractivity contribution in [1.82, 2.24) is 19.5 Å². The normalized spacial score (nSPS) is 16.1. The summed E-state index contributed by atoms with van der Waals surface area (Å²) in [5, 5.41) is 16.5. The van der Waals surface area contributed by atoms with Gasteiger partial charge in [0.25, 0.3) is 0 Å². The highest BCUT2D eigenvalue weighted by molar-refractivity contribution is 7.17. The van der Waals surface area contributed by atoms with Gasteiger partial charge >= 0.3 is 0 Å². The molecule has 0 radical (unpaired) electrons. The lowest BCUT2D eigenvalue weighted by atomic mass is 9.89. The fraction of sp³-hybridized carbons (Fsp3) is 0.259. The van der Waals surface area contributed by atoms with Crippen LogP contribution in [0, 0.1) is 5.92 Å². The second-order valence-corrected chi connectivity index (χ2v) is 10.4. The van der Waals surface area contributed by atoms with E-state index in [1.165, 1.54) is 21.4 Å². The van der Waals surface area contributed by atoms with E-state index in [9.17, 15) is 5.11 Å². The summed E-state index contributed by atoms with van der Waals surface area (Å²) < 4.78 is 6.93. The molecular formula is C27H25ClN4O2S. The van der Waals surface area contributed by atoms with Gasteiger partial charge in [0.15, 0.2) is 5.76 Å². The average Bonchev–Trinajstić information content (AvgIpc) is 3.61. The first kappa shape index (κ1) is 22.3. The number of benzene rings is 2. The molecule has 1 saturated heterocycles. The minimum Gasteiger partial charge on any atom is -0.492 e. The number of halogens is 1. The molecule has 1 fully saturated rings. The van der Waals surface area contributed by atoms with E-state index in [0.717, 1.165) is 42.8 Å². The number of hydrogen-bond acceptors (Lipinski definition) is 6. The van der Waals surface area contributed by atoms with Crippen LogP contribution in [0.5, 0.6) is 5.88 Å². The molecule has 0 unspecified atom stereocenters. The standard InChI is InChI=1S/C27H25ClN4O2S/c28-21-10-5-4-9-20(21)23(31-14-12-19(13-15-31)17-18-7-2-1-3-8-18)24-26(33)32-27(35-24)29-25(30-32)22-11-6-16-34-22/h1-11,16,19,23,33H,12-15,17H2/t23-/m1/s1. The quantitative estimate of drug-likeness (QED) is 0.287. The maximum absolute atomic E-state index is 11.3. The van der Waals surface area contributed by atoms with Gasteiger partial charge < -0.3 is 9.52 Å². The Kier molecular flexibility index (Phi) is 6.06. The molecule has 2 aromatic carbocycles. The van der Waals surface area contributed by atoms with E-state index in [0.29, 0.717) is 27.5 Å². The summed E-state index contributed by atoms with van der Waals surface area (Å²) in [5.41, 5.74) is 2.38. The Hall–Kier alpha value is -3.13. The van der Waals surface area contributed by atoms with Crippen LogP contribution in [-0.2, 0) is 6.42 Å². The maximum Gasteiger partial charge on any atom is 0.230 e. The van der Waals surface area contributed by atoms with Crippen LogP contribution in [-0.4, -0.2) is 37.7 Å². The van der Waals surface area contributed by atoms with Crippen LogP contribution in [0.4, 0.5) is 0 Å². The summed E-state index contributed by atoms with van der Waals surface area (Å²) >= 11 is 8.14. The summed E-state index contributed by atoms with van der Waals surface area (Å²) in [5.74, 6) is 1.78. The molecule has 6 nitrogen and oxygen atoms in total. The van der Waals surface area contributed by atoms with Crippen molar-refractivity contribution in [1.29, 1.82) is 0 Å². The van der Waals surface area contributed by atoms with Crippen LogP contribution in [0.25, 0.3) is 16.5 Å². The molecule has 6 rings (SSSR count). The molecule has 0 aliphatic carbocycles. The Bertz CT molecular complexity index is 1420. The number of fused-ring (bicyclic) bond motifs is 1. The van der Waals surface area contributed by atoms with Gasteiger partial charge in [0.05, 0.1) is 17.2 Å². The van der Waals surface area contributed by atoms with Crippen LogP contribution in [0.3, 0.4) is 0 Å². The fourth-order valence-corrected chi connectivity index (χ4v) is 6.35. The minimum absolute atomic E-state index is 0.103. The van der Waals surface area contributed by atoms with Gasteiger partial charge in [-0.15, -0.1) is 5.10 Å². The van der Waals surface area contributed by atoms with Crippen molar-refractivity contribution in [3.63, 3.8) is 0 Å². The summed E-state index contributed by atoms with van der Waals surface area (Å²) in [7, 11) is 0. The van der Waals surface area contributed by atoms with E-state index >= 15 is 0 Å². The number of piperidine rings is 1. The van der Waals surface area contributed by atoms with Gasteiger partial charge in [-0.25, -0.2) is 0 Å². The molecule has 35 heavy (non-hydrogen) atoms. The number of aromatic hydroxyl groups is 1. The largest absolute Gasteiger partial charge is 0.492 e. The SMILES string of the molecule is Oc1c([C@@H](c2ccccc2Cl)N2CCC(Cc3ccccc3)CC2)sc2nc(-c3ccco3)nn12. The molecule has 1 N–H and O–H groups in total. The molecule has 178 valence electrons. The molecule has 4 heterocycles. The van der Waals surface area contributed by atoms with Gasteiger partial charge in [-0.05, 0) is 67.6 Å². The monoisotopic (exact) mass is 504 g/mol. The number of thiazole rings is 1. The Morgan fingerprint density at radius 3 is 2.51 bits per heavy atom. The summed E-state index contributed by atoms with van der Waals surface area (Å²) in [4.78, 5) is 8.47. The van der Waals surface area contributed by atoms with Crippen molar-refractivity contribution < 1.29 is 9.52 Å². The molecular weight excluding hydrogens is 480 g/mol. The molecule has 0 amide bonds. The molecule has 8 heteroatoms. The van der Waals surface area contributed by atoms with E-state index in [-0.39, 0.29) is 11.9 Å². The third kappa shape index (κ3) is 4.35. The van der Waals surface area contributed by atoms with Crippen molar-refractivity contribution >= 4 is 27.9 Å². The zero-order chi connectivity index (χ0) is 23.8. The molecule has 5 aromatic rings. The predicted molar refractivity (Wildman–Crippen MR) is 138 cm³/mol. The Morgan fingerprint density at radius 1 is 1.03 bits per heavy atom. The van der Waals surface area contributed by atoms with Gasteiger partial charge in [0.2, 0.25) is 16.7 Å². The molecule has 0 bridgehead atoms. The van der Waals surface area contributed by atoms with Crippen molar-refractivity contribution in [3.8, 4) is 17.5 Å². The van der Waals surface area contributed by atoms with E-state index < -0.39 is 0 Å². The van der Waals surface area contributed by atoms with Crippen molar-refractivity contribution in [2.24, 2.45) is 5.92 Å². The number of rotatable bonds is 6. The second kappa shape index (κ2) is 9.49. The van der Waals surface area contributed by atoms with Crippen LogP contribution >= 0.6 is 22.9 Å². The third-order valence-corrected chi connectivity index (χ3v) is 8.19. The van der Waals surface area contributed by atoms with Crippen LogP contribution in [0.15, 0.2) is 77.4 Å². The highest BCUT2D eigenvalue weighted by Gasteiger charge is 2.33. The number of likely N-dealkylation sites (tertiary alicyclic amines) is 1. The molecule has 1 aliphatic rings. The predicted octanol–water partition coefficient (Wildman–Crippen LogP) is 6.45. The summed E-state index contributed by atoms with van der Waals surface area (Å²) in [6.45, 7) is 1.86. The molecule has 0 spiro atoms. The van der Waals surface area contributed by atoms with E-state index in [2.05, 4.69) is 45.3 Å². The smallest absolute Gasteiger partial charge is 0.230 e. The lowest BCUT2D eigenvalue weighted by Crippen LogP contribution is -2.37. The lowest BCUT2D eigenvalue weighted by Gasteiger charge is -2.37. The van der Waals surface area contributed by atoms with Crippen LogP contribution < -0.4 is 0 Å².